The highest BCUT2D eigenvalue weighted by molar-refractivity contribution is 5.93. The molecular weight excluding hydrogens is 278 g/mol. The monoisotopic (exact) mass is 299 g/mol. The molecule has 0 radical (unpaired) electrons. The van der Waals surface area contributed by atoms with Gasteiger partial charge in [0.1, 0.15) is 11.5 Å². The second kappa shape index (κ2) is 6.13. The number of Topliss-reactive ketones (excluding diaryl/α,β-unsaturated/α-hetero) is 2. The molecule has 5 heteroatoms. The third kappa shape index (κ3) is 3.61. The number of hydrogen-bond acceptors (Lipinski definition) is 4. The highest BCUT2D eigenvalue weighted by Crippen LogP contribution is 2.19. The lowest BCUT2D eigenvalue weighted by Crippen LogP contribution is -2.28. The van der Waals surface area contributed by atoms with Crippen LogP contribution in [-0.4, -0.2) is 27.9 Å². The maximum absolute atomic E-state index is 12.1. The maximum Gasteiger partial charge on any atom is 0.180 e. The van der Waals surface area contributed by atoms with Gasteiger partial charge < -0.3 is 5.32 Å². The highest BCUT2D eigenvalue weighted by Gasteiger charge is 2.21. The van der Waals surface area contributed by atoms with Gasteiger partial charge in [0.25, 0.3) is 0 Å². The topological polar surface area (TPSA) is 64.0 Å². The van der Waals surface area contributed by atoms with Gasteiger partial charge in [0.05, 0.1) is 12.2 Å². The Morgan fingerprint density at radius 1 is 1.18 bits per heavy atom. The van der Waals surface area contributed by atoms with E-state index >= 15 is 0 Å². The van der Waals surface area contributed by atoms with Crippen LogP contribution in [-0.2, 0) is 4.79 Å². The summed E-state index contributed by atoms with van der Waals surface area (Å²) in [4.78, 5) is 23.6. The molecular formula is C17H21N3O2. The van der Waals surface area contributed by atoms with Crippen LogP contribution in [0.15, 0.2) is 36.4 Å². The van der Waals surface area contributed by atoms with Crippen molar-refractivity contribution >= 4 is 17.4 Å². The fraction of sp³-hybridized carbons (Fsp3) is 0.353. The fourth-order valence-corrected chi connectivity index (χ4v) is 1.88. The van der Waals surface area contributed by atoms with Crippen LogP contribution in [0, 0.1) is 5.41 Å². The molecule has 0 fully saturated rings. The van der Waals surface area contributed by atoms with Gasteiger partial charge in [0, 0.05) is 18.4 Å². The molecule has 0 aliphatic rings. The average Bonchev–Trinajstić information content (AvgIpc) is 2.89. The fourth-order valence-electron chi connectivity index (χ4n) is 1.88. The van der Waals surface area contributed by atoms with E-state index in [0.29, 0.717) is 11.5 Å². The summed E-state index contributed by atoms with van der Waals surface area (Å²) in [5.41, 5.74) is 0.795. The normalized spacial score (nSPS) is 11.3. The number of hydrogen-bond donors (Lipinski definition) is 1. The highest BCUT2D eigenvalue weighted by atomic mass is 16.1. The Labute approximate surface area is 130 Å². The van der Waals surface area contributed by atoms with Crippen LogP contribution in [0.4, 0.5) is 5.82 Å². The molecule has 2 aromatic rings. The van der Waals surface area contributed by atoms with E-state index in [4.69, 9.17) is 0 Å². The summed E-state index contributed by atoms with van der Waals surface area (Å²) in [6, 6.07) is 11.2. The van der Waals surface area contributed by atoms with E-state index in [2.05, 4.69) is 10.4 Å². The van der Waals surface area contributed by atoms with Gasteiger partial charge in [0.15, 0.2) is 11.6 Å². The number of carbonyl (C=O) groups excluding carboxylic acids is 2. The first-order chi connectivity index (χ1) is 10.3. The van der Waals surface area contributed by atoms with E-state index in [1.54, 1.807) is 10.7 Å². The molecule has 2 rings (SSSR count). The van der Waals surface area contributed by atoms with Crippen LogP contribution in [0.2, 0.25) is 0 Å². The summed E-state index contributed by atoms with van der Waals surface area (Å²) in [5, 5.41) is 7.41. The molecule has 0 spiro atoms. The maximum atomic E-state index is 12.1. The Kier molecular flexibility index (Phi) is 4.45. The summed E-state index contributed by atoms with van der Waals surface area (Å²) in [5.74, 6) is 0.617. The molecule has 5 nitrogen and oxygen atoms in total. The van der Waals surface area contributed by atoms with Crippen molar-refractivity contribution in [2.24, 2.45) is 5.41 Å². The zero-order chi connectivity index (χ0) is 16.3. The van der Waals surface area contributed by atoms with Crippen LogP contribution < -0.4 is 5.32 Å². The first-order valence-electron chi connectivity index (χ1n) is 7.22. The molecule has 0 unspecified atom stereocenters. The van der Waals surface area contributed by atoms with E-state index in [1.165, 1.54) is 6.92 Å². The number of aromatic nitrogens is 2. The summed E-state index contributed by atoms with van der Waals surface area (Å²) in [7, 11) is 0. The largest absolute Gasteiger partial charge is 0.363 e. The number of nitrogens with zero attached hydrogens (tertiary/aromatic N) is 2. The lowest BCUT2D eigenvalue weighted by atomic mass is 9.91. The molecule has 0 saturated heterocycles. The van der Waals surface area contributed by atoms with E-state index in [1.807, 2.05) is 51.1 Å². The van der Waals surface area contributed by atoms with Crippen molar-refractivity contribution in [3.63, 3.8) is 0 Å². The van der Waals surface area contributed by atoms with Crippen LogP contribution >= 0.6 is 0 Å². The van der Waals surface area contributed by atoms with Gasteiger partial charge in [0.2, 0.25) is 0 Å². The van der Waals surface area contributed by atoms with Crippen molar-refractivity contribution < 1.29 is 9.59 Å². The van der Waals surface area contributed by atoms with E-state index in [0.717, 1.165) is 5.69 Å². The summed E-state index contributed by atoms with van der Waals surface area (Å²) in [6.45, 7) is 7.31. The van der Waals surface area contributed by atoms with E-state index in [-0.39, 0.29) is 18.1 Å². The summed E-state index contributed by atoms with van der Waals surface area (Å²) in [6.07, 6.45) is 0. The quantitative estimate of drug-likeness (QED) is 0.862. The molecule has 1 N–H and O–H groups in total. The minimum absolute atomic E-state index is 0.0951. The lowest BCUT2D eigenvalue weighted by Gasteiger charge is -2.17. The molecule has 1 aromatic heterocycles. The standard InChI is InChI=1S/C17H21N3O2/c1-12(21)14-10-16(18-11-15(22)17(2,3)4)20(19-14)13-8-6-5-7-9-13/h5-10,18H,11H2,1-4H3. The Hall–Kier alpha value is -2.43. The Balaban J connectivity index is 2.30. The Bertz CT molecular complexity index is 682. The van der Waals surface area contributed by atoms with E-state index < -0.39 is 5.41 Å². The predicted octanol–water partition coefficient (Wildman–Crippen LogP) is 3.10. The minimum atomic E-state index is -0.409. The molecule has 0 aliphatic carbocycles. The van der Waals surface area contributed by atoms with Crippen LogP contribution in [0.3, 0.4) is 0 Å². The predicted molar refractivity (Wildman–Crippen MR) is 86.5 cm³/mol. The van der Waals surface area contributed by atoms with Crippen LogP contribution in [0.25, 0.3) is 5.69 Å². The van der Waals surface area contributed by atoms with Gasteiger partial charge >= 0.3 is 0 Å². The summed E-state index contributed by atoms with van der Waals surface area (Å²) >= 11 is 0. The number of rotatable bonds is 5. The second-order valence-electron chi connectivity index (χ2n) is 6.25. The lowest BCUT2D eigenvalue weighted by molar-refractivity contribution is -0.124. The van der Waals surface area contributed by atoms with Gasteiger partial charge in [-0.15, -0.1) is 0 Å². The zero-order valence-electron chi connectivity index (χ0n) is 13.4. The third-order valence-electron chi connectivity index (χ3n) is 3.34. The summed E-state index contributed by atoms with van der Waals surface area (Å²) < 4.78 is 1.65. The molecule has 1 aromatic carbocycles. The van der Waals surface area contributed by atoms with Crippen molar-refractivity contribution in [2.45, 2.75) is 27.7 Å². The van der Waals surface area contributed by atoms with Crippen molar-refractivity contribution in [3.8, 4) is 5.69 Å². The van der Waals surface area contributed by atoms with Crippen LogP contribution in [0.1, 0.15) is 38.2 Å². The second-order valence-corrected chi connectivity index (χ2v) is 6.25. The number of benzene rings is 1. The smallest absolute Gasteiger partial charge is 0.180 e. The van der Waals surface area contributed by atoms with Crippen molar-refractivity contribution in [1.82, 2.24) is 9.78 Å². The Morgan fingerprint density at radius 2 is 1.82 bits per heavy atom. The number of nitrogens with one attached hydrogen (secondary N) is 1. The molecule has 116 valence electrons. The first kappa shape index (κ1) is 15.9. The number of ketones is 2. The molecule has 0 amide bonds. The van der Waals surface area contributed by atoms with Crippen LogP contribution in [0.5, 0.6) is 0 Å². The van der Waals surface area contributed by atoms with Gasteiger partial charge in [-0.3, -0.25) is 9.59 Å². The third-order valence-corrected chi connectivity index (χ3v) is 3.34. The number of carbonyl (C=O) groups is 2. The number of anilines is 1. The van der Waals surface area contributed by atoms with Gasteiger partial charge in [-0.1, -0.05) is 39.0 Å². The first-order valence-corrected chi connectivity index (χ1v) is 7.22. The van der Waals surface area contributed by atoms with Gasteiger partial charge in [-0.05, 0) is 12.1 Å². The molecule has 0 aliphatic heterocycles. The SMILES string of the molecule is CC(=O)c1cc(NCC(=O)C(C)(C)C)n(-c2ccccc2)n1. The van der Waals surface area contributed by atoms with Gasteiger partial charge in [-0.2, -0.15) is 5.10 Å². The minimum Gasteiger partial charge on any atom is -0.363 e. The average molecular weight is 299 g/mol. The van der Waals surface area contributed by atoms with Crippen molar-refractivity contribution in [3.05, 3.63) is 42.1 Å². The van der Waals surface area contributed by atoms with Crippen molar-refractivity contribution in [2.75, 3.05) is 11.9 Å². The zero-order valence-corrected chi connectivity index (χ0v) is 13.4. The molecule has 0 saturated carbocycles. The molecule has 0 bridgehead atoms. The Morgan fingerprint density at radius 3 is 2.36 bits per heavy atom. The molecule has 1 heterocycles. The number of para-hydroxylation sites is 1. The van der Waals surface area contributed by atoms with Gasteiger partial charge in [-0.25, -0.2) is 4.68 Å². The molecule has 0 atom stereocenters. The molecule has 22 heavy (non-hydrogen) atoms. The van der Waals surface area contributed by atoms with E-state index in [9.17, 15) is 9.59 Å². The van der Waals surface area contributed by atoms with Crippen molar-refractivity contribution in [1.29, 1.82) is 0 Å².